The number of nitrogens with zero attached hydrogens (tertiary/aromatic N) is 1. The van der Waals surface area contributed by atoms with Crippen molar-refractivity contribution < 1.29 is 0 Å². The average molecular weight is 323 g/mol. The van der Waals surface area contributed by atoms with Gasteiger partial charge in [0.25, 0.3) is 0 Å². The second kappa shape index (κ2) is 5.49. The lowest BCUT2D eigenvalue weighted by Crippen LogP contribution is -2.25. The number of aromatic nitrogens is 1. The Bertz CT molecular complexity index is 552. The molecule has 0 radical (unpaired) electrons. The Kier molecular flexibility index (Phi) is 3.75. The molecule has 0 amide bonds. The number of hydrogen-bond donors (Lipinski definition) is 1. The maximum Gasteiger partial charge on any atom is 0.134 e. The van der Waals surface area contributed by atoms with Crippen LogP contribution in [0, 0.1) is 0 Å². The highest BCUT2D eigenvalue weighted by molar-refractivity contribution is 9.10. The number of rotatable bonds is 2. The molecule has 0 atom stereocenters. The first-order valence-corrected chi connectivity index (χ1v) is 8.17. The van der Waals surface area contributed by atoms with Gasteiger partial charge in [-0.3, -0.25) is 0 Å². The summed E-state index contributed by atoms with van der Waals surface area (Å²) in [6.45, 7) is 0. The Balaban J connectivity index is 1.93. The lowest BCUT2D eigenvalue weighted by molar-refractivity contribution is 0.665. The molecule has 2 nitrogen and oxygen atoms in total. The summed E-state index contributed by atoms with van der Waals surface area (Å²) in [6, 6.07) is 8.90. The third-order valence-corrected chi connectivity index (χ3v) is 5.06. The molecule has 0 aliphatic carbocycles. The van der Waals surface area contributed by atoms with Crippen molar-refractivity contribution >= 4 is 44.3 Å². The second-order valence-corrected chi connectivity index (χ2v) is 6.60. The fourth-order valence-corrected chi connectivity index (χ4v) is 3.92. The van der Waals surface area contributed by atoms with Crippen LogP contribution >= 0.6 is 27.7 Å². The minimum Gasteiger partial charge on any atom is -0.367 e. The van der Waals surface area contributed by atoms with E-state index in [9.17, 15) is 0 Å². The van der Waals surface area contributed by atoms with Gasteiger partial charge >= 0.3 is 0 Å². The molecule has 2 heterocycles. The molecule has 1 saturated heterocycles. The van der Waals surface area contributed by atoms with Gasteiger partial charge in [-0.2, -0.15) is 11.8 Å². The molecular weight excluding hydrogens is 308 g/mol. The highest BCUT2D eigenvalue weighted by Crippen LogP contribution is 2.29. The van der Waals surface area contributed by atoms with Crippen molar-refractivity contribution in [1.29, 1.82) is 0 Å². The van der Waals surface area contributed by atoms with Gasteiger partial charge in [-0.25, -0.2) is 4.98 Å². The molecule has 94 valence electrons. The van der Waals surface area contributed by atoms with Gasteiger partial charge in [0, 0.05) is 27.5 Å². The van der Waals surface area contributed by atoms with Gasteiger partial charge in [0.05, 0.1) is 0 Å². The SMILES string of the molecule is Brc1cccc2c(NC3CCSCC3)nccc12. The van der Waals surface area contributed by atoms with E-state index in [0.717, 1.165) is 10.3 Å². The van der Waals surface area contributed by atoms with E-state index in [2.05, 4.69) is 50.5 Å². The fraction of sp³-hybridized carbons (Fsp3) is 0.357. The van der Waals surface area contributed by atoms with E-state index >= 15 is 0 Å². The van der Waals surface area contributed by atoms with E-state index in [4.69, 9.17) is 0 Å². The summed E-state index contributed by atoms with van der Waals surface area (Å²) in [7, 11) is 0. The van der Waals surface area contributed by atoms with Crippen LogP contribution in [-0.2, 0) is 0 Å². The van der Waals surface area contributed by atoms with Crippen LogP contribution in [0.25, 0.3) is 10.8 Å². The number of hydrogen-bond acceptors (Lipinski definition) is 3. The van der Waals surface area contributed by atoms with Crippen LogP contribution in [0.4, 0.5) is 5.82 Å². The Labute approximate surface area is 120 Å². The van der Waals surface area contributed by atoms with Crippen molar-refractivity contribution in [3.05, 3.63) is 34.9 Å². The number of benzene rings is 1. The molecule has 1 aliphatic rings. The third kappa shape index (κ3) is 2.50. The van der Waals surface area contributed by atoms with Crippen molar-refractivity contribution in [2.45, 2.75) is 18.9 Å². The summed E-state index contributed by atoms with van der Waals surface area (Å²) in [5.41, 5.74) is 0. The molecule has 18 heavy (non-hydrogen) atoms. The molecule has 1 aliphatic heterocycles. The van der Waals surface area contributed by atoms with E-state index in [1.807, 2.05) is 18.0 Å². The molecular formula is C14H15BrN2S. The predicted molar refractivity (Wildman–Crippen MR) is 83.4 cm³/mol. The molecule has 1 N–H and O–H groups in total. The van der Waals surface area contributed by atoms with Gasteiger partial charge in [0.15, 0.2) is 0 Å². The van der Waals surface area contributed by atoms with Crippen LogP contribution in [0.3, 0.4) is 0 Å². The van der Waals surface area contributed by atoms with E-state index < -0.39 is 0 Å². The first-order valence-electron chi connectivity index (χ1n) is 6.22. The van der Waals surface area contributed by atoms with E-state index in [0.29, 0.717) is 6.04 Å². The van der Waals surface area contributed by atoms with E-state index in [1.54, 1.807) is 0 Å². The number of pyridine rings is 1. The summed E-state index contributed by atoms with van der Waals surface area (Å²) < 4.78 is 1.13. The maximum atomic E-state index is 4.50. The zero-order valence-electron chi connectivity index (χ0n) is 10.0. The summed E-state index contributed by atoms with van der Waals surface area (Å²) >= 11 is 5.64. The van der Waals surface area contributed by atoms with Crippen LogP contribution in [0.1, 0.15) is 12.8 Å². The number of fused-ring (bicyclic) bond motifs is 1. The second-order valence-electron chi connectivity index (χ2n) is 4.53. The largest absolute Gasteiger partial charge is 0.367 e. The van der Waals surface area contributed by atoms with E-state index in [1.165, 1.54) is 35.1 Å². The minimum absolute atomic E-state index is 0.573. The van der Waals surface area contributed by atoms with Gasteiger partial charge in [-0.05, 0) is 36.5 Å². The predicted octanol–water partition coefficient (Wildman–Crippen LogP) is 4.30. The van der Waals surface area contributed by atoms with Crippen LogP contribution in [0.15, 0.2) is 34.9 Å². The van der Waals surface area contributed by atoms with Crippen LogP contribution in [0.2, 0.25) is 0 Å². The molecule has 0 bridgehead atoms. The van der Waals surface area contributed by atoms with Gasteiger partial charge in [0.1, 0.15) is 5.82 Å². The zero-order valence-corrected chi connectivity index (χ0v) is 12.4. The standard InChI is InChI=1S/C14H15BrN2S/c15-13-3-1-2-12-11(13)4-7-16-14(12)17-10-5-8-18-9-6-10/h1-4,7,10H,5-6,8-9H2,(H,16,17). The highest BCUT2D eigenvalue weighted by Gasteiger charge is 2.15. The van der Waals surface area contributed by atoms with Crippen molar-refractivity contribution in [2.24, 2.45) is 0 Å². The lowest BCUT2D eigenvalue weighted by Gasteiger charge is -2.23. The van der Waals surface area contributed by atoms with Crippen LogP contribution in [0.5, 0.6) is 0 Å². The Morgan fingerprint density at radius 3 is 2.83 bits per heavy atom. The monoisotopic (exact) mass is 322 g/mol. The topological polar surface area (TPSA) is 24.9 Å². The normalized spacial score (nSPS) is 16.9. The van der Waals surface area contributed by atoms with Gasteiger partial charge < -0.3 is 5.32 Å². The van der Waals surface area contributed by atoms with E-state index in [-0.39, 0.29) is 0 Å². The molecule has 0 spiro atoms. The van der Waals surface area contributed by atoms with Gasteiger partial charge in [-0.15, -0.1) is 0 Å². The third-order valence-electron chi connectivity index (χ3n) is 3.32. The molecule has 1 aromatic carbocycles. The Morgan fingerprint density at radius 1 is 1.17 bits per heavy atom. The first-order chi connectivity index (χ1) is 8.84. The molecule has 1 fully saturated rings. The maximum absolute atomic E-state index is 4.50. The van der Waals surface area contributed by atoms with Gasteiger partial charge in [0.2, 0.25) is 0 Å². The summed E-state index contributed by atoms with van der Waals surface area (Å²) in [5.74, 6) is 3.53. The summed E-state index contributed by atoms with van der Waals surface area (Å²) in [6.07, 6.45) is 4.35. The van der Waals surface area contributed by atoms with Crippen LogP contribution in [-0.4, -0.2) is 22.5 Å². The van der Waals surface area contributed by atoms with Crippen molar-refractivity contribution in [2.75, 3.05) is 16.8 Å². The molecule has 3 rings (SSSR count). The highest BCUT2D eigenvalue weighted by atomic mass is 79.9. The van der Waals surface area contributed by atoms with Crippen molar-refractivity contribution in [1.82, 2.24) is 4.98 Å². The van der Waals surface area contributed by atoms with Crippen LogP contribution < -0.4 is 5.32 Å². The lowest BCUT2D eigenvalue weighted by atomic mass is 10.1. The minimum atomic E-state index is 0.573. The Hall–Kier alpha value is -0.740. The fourth-order valence-electron chi connectivity index (χ4n) is 2.32. The summed E-state index contributed by atoms with van der Waals surface area (Å²) in [4.78, 5) is 4.50. The van der Waals surface area contributed by atoms with Gasteiger partial charge in [-0.1, -0.05) is 28.1 Å². The number of anilines is 1. The average Bonchev–Trinajstić information content (AvgIpc) is 2.41. The Morgan fingerprint density at radius 2 is 2.00 bits per heavy atom. The molecule has 2 aromatic rings. The number of halogens is 1. The summed E-state index contributed by atoms with van der Waals surface area (Å²) in [5, 5.41) is 6.03. The molecule has 0 saturated carbocycles. The number of nitrogens with one attached hydrogen (secondary N) is 1. The van der Waals surface area contributed by atoms with Crippen molar-refractivity contribution in [3.8, 4) is 0 Å². The first kappa shape index (κ1) is 12.3. The van der Waals surface area contributed by atoms with Crippen molar-refractivity contribution in [3.63, 3.8) is 0 Å². The number of thioether (sulfide) groups is 1. The molecule has 0 unspecified atom stereocenters. The zero-order chi connectivity index (χ0) is 12.4. The molecule has 4 heteroatoms. The quantitative estimate of drug-likeness (QED) is 0.892. The smallest absolute Gasteiger partial charge is 0.134 e. The molecule has 1 aromatic heterocycles.